The average molecular weight is 374 g/mol. The first-order valence-electron chi connectivity index (χ1n) is 9.78. The molecule has 1 aliphatic rings. The minimum absolute atomic E-state index is 0.0561. The fourth-order valence-corrected chi connectivity index (χ4v) is 3.80. The van der Waals surface area contributed by atoms with Crippen molar-refractivity contribution in [2.45, 2.75) is 84.5 Å². The van der Waals surface area contributed by atoms with E-state index >= 15 is 0 Å². The number of carbonyl (C=O) groups excluding carboxylic acids is 1. The maximum absolute atomic E-state index is 12.8. The normalized spacial score (nSPS) is 21.4. The molecule has 2 N–H and O–H groups in total. The van der Waals surface area contributed by atoms with Gasteiger partial charge in [-0.3, -0.25) is 9.48 Å². The summed E-state index contributed by atoms with van der Waals surface area (Å²) in [6.07, 6.45) is 5.88. The lowest BCUT2D eigenvalue weighted by atomic mass is 9.89. The first-order valence-corrected chi connectivity index (χ1v) is 9.78. The lowest BCUT2D eigenvalue weighted by Gasteiger charge is -2.34. The molecule has 8 nitrogen and oxygen atoms in total. The Balaban J connectivity index is 1.67. The monoisotopic (exact) mass is 374 g/mol. The van der Waals surface area contributed by atoms with E-state index in [1.807, 2.05) is 25.5 Å². The van der Waals surface area contributed by atoms with E-state index in [1.165, 1.54) is 0 Å². The molecule has 1 saturated carbocycles. The van der Waals surface area contributed by atoms with Gasteiger partial charge in [-0.25, -0.2) is 0 Å². The third-order valence-corrected chi connectivity index (χ3v) is 5.24. The largest absolute Gasteiger partial charge is 0.348 e. The molecule has 0 unspecified atom stereocenters. The molecule has 27 heavy (non-hydrogen) atoms. The molecule has 8 heteroatoms. The van der Waals surface area contributed by atoms with Crippen molar-refractivity contribution in [3.8, 4) is 0 Å². The van der Waals surface area contributed by atoms with Crippen LogP contribution < -0.4 is 10.6 Å². The summed E-state index contributed by atoms with van der Waals surface area (Å²) >= 11 is 0. The Bertz CT molecular complexity index is 781. The van der Waals surface area contributed by atoms with Crippen LogP contribution in [0, 0.1) is 13.8 Å². The minimum Gasteiger partial charge on any atom is -0.348 e. The molecule has 1 fully saturated rings. The second kappa shape index (κ2) is 8.21. The minimum atomic E-state index is -0.0564. The van der Waals surface area contributed by atoms with Crippen LogP contribution in [-0.2, 0) is 0 Å². The van der Waals surface area contributed by atoms with Crippen LogP contribution in [0.4, 0.5) is 0 Å². The van der Waals surface area contributed by atoms with Gasteiger partial charge in [0.05, 0.1) is 17.8 Å². The number of amides is 1. The topological polar surface area (TPSA) is 97.9 Å². The molecular formula is C19H30N6O2. The third-order valence-electron chi connectivity index (χ3n) is 5.24. The number of carbonyl (C=O) groups is 1. The Morgan fingerprint density at radius 3 is 2.52 bits per heavy atom. The molecule has 2 heterocycles. The van der Waals surface area contributed by atoms with Gasteiger partial charge in [0.1, 0.15) is 0 Å². The Hall–Kier alpha value is -2.22. The highest BCUT2D eigenvalue weighted by Gasteiger charge is 2.30. The number of aryl methyl sites for hydroxylation is 1. The number of hydrogen-bond acceptors (Lipinski definition) is 6. The molecule has 2 aromatic heterocycles. The summed E-state index contributed by atoms with van der Waals surface area (Å²) in [6.45, 7) is 9.88. The van der Waals surface area contributed by atoms with E-state index in [0.717, 1.165) is 31.4 Å². The summed E-state index contributed by atoms with van der Waals surface area (Å²) in [7, 11) is 0. The van der Waals surface area contributed by atoms with Gasteiger partial charge in [0.15, 0.2) is 5.82 Å². The van der Waals surface area contributed by atoms with Crippen molar-refractivity contribution in [1.82, 2.24) is 30.6 Å². The summed E-state index contributed by atoms with van der Waals surface area (Å²) < 4.78 is 7.15. The van der Waals surface area contributed by atoms with Gasteiger partial charge < -0.3 is 15.2 Å². The van der Waals surface area contributed by atoms with E-state index in [-0.39, 0.29) is 30.1 Å². The second-order valence-electron chi connectivity index (χ2n) is 7.72. The zero-order valence-corrected chi connectivity index (χ0v) is 16.8. The molecule has 3 rings (SSSR count). The quantitative estimate of drug-likeness (QED) is 0.807. The van der Waals surface area contributed by atoms with Crippen molar-refractivity contribution in [3.63, 3.8) is 0 Å². The number of hydrogen-bond donors (Lipinski definition) is 2. The van der Waals surface area contributed by atoms with Crippen LogP contribution in [-0.4, -0.2) is 37.9 Å². The summed E-state index contributed by atoms with van der Waals surface area (Å²) in [4.78, 5) is 17.1. The third kappa shape index (κ3) is 4.37. The van der Waals surface area contributed by atoms with Gasteiger partial charge in [0, 0.05) is 23.8 Å². The molecule has 0 saturated heterocycles. The van der Waals surface area contributed by atoms with Gasteiger partial charge in [-0.15, -0.1) is 0 Å². The molecule has 1 aliphatic carbocycles. The molecule has 0 spiro atoms. The summed E-state index contributed by atoms with van der Waals surface area (Å²) in [6, 6.07) is 0.415. The van der Waals surface area contributed by atoms with Gasteiger partial charge in [-0.1, -0.05) is 18.0 Å². The highest BCUT2D eigenvalue weighted by atomic mass is 16.5. The molecule has 0 radical (unpaired) electrons. The van der Waals surface area contributed by atoms with Crippen molar-refractivity contribution in [2.75, 3.05) is 0 Å². The zero-order chi connectivity index (χ0) is 19.6. The van der Waals surface area contributed by atoms with Gasteiger partial charge in [-0.2, -0.15) is 10.1 Å². The van der Waals surface area contributed by atoms with Gasteiger partial charge in [-0.05, 0) is 47.5 Å². The fourth-order valence-electron chi connectivity index (χ4n) is 3.80. The van der Waals surface area contributed by atoms with Gasteiger partial charge in [0.2, 0.25) is 5.89 Å². The van der Waals surface area contributed by atoms with Crippen molar-refractivity contribution < 1.29 is 9.32 Å². The highest BCUT2D eigenvalue weighted by molar-refractivity contribution is 5.95. The molecule has 3 atom stereocenters. The summed E-state index contributed by atoms with van der Waals surface area (Å²) in [5.74, 6) is 1.15. The van der Waals surface area contributed by atoms with Crippen LogP contribution in [0.25, 0.3) is 0 Å². The molecule has 0 aromatic carbocycles. The van der Waals surface area contributed by atoms with Gasteiger partial charge >= 0.3 is 0 Å². The SMILES string of the molecule is Cc1noc([C@H](C)N[C@H]2CCCC[C@H]2NC(=O)c2cnn(C(C)C)c2C)n1. The van der Waals surface area contributed by atoms with Crippen LogP contribution >= 0.6 is 0 Å². The van der Waals surface area contributed by atoms with E-state index < -0.39 is 0 Å². The molecule has 1 amide bonds. The van der Waals surface area contributed by atoms with Crippen molar-refractivity contribution in [1.29, 1.82) is 0 Å². The van der Waals surface area contributed by atoms with E-state index in [2.05, 4.69) is 39.7 Å². The standard InChI is InChI=1S/C19H30N6O2/c1-11(2)25-13(4)15(10-20-25)18(26)23-17-9-7-6-8-16(17)21-12(3)19-22-14(5)24-27-19/h10-12,16-17,21H,6-9H2,1-5H3,(H,23,26)/t12-,16-,17+/m0/s1. The van der Waals surface area contributed by atoms with Crippen LogP contribution in [0.2, 0.25) is 0 Å². The Morgan fingerprint density at radius 2 is 1.93 bits per heavy atom. The van der Waals surface area contributed by atoms with Crippen LogP contribution in [0.3, 0.4) is 0 Å². The second-order valence-corrected chi connectivity index (χ2v) is 7.72. The number of nitrogens with one attached hydrogen (secondary N) is 2. The first-order chi connectivity index (χ1) is 12.9. The summed E-state index contributed by atoms with van der Waals surface area (Å²) in [5.41, 5.74) is 1.55. The molecular weight excluding hydrogens is 344 g/mol. The van der Waals surface area contributed by atoms with E-state index in [9.17, 15) is 4.79 Å². The van der Waals surface area contributed by atoms with E-state index in [1.54, 1.807) is 6.20 Å². The lowest BCUT2D eigenvalue weighted by Crippen LogP contribution is -2.52. The smallest absolute Gasteiger partial charge is 0.255 e. The maximum atomic E-state index is 12.8. The Morgan fingerprint density at radius 1 is 1.22 bits per heavy atom. The average Bonchev–Trinajstić information content (AvgIpc) is 3.22. The molecule has 0 bridgehead atoms. The predicted octanol–water partition coefficient (Wildman–Crippen LogP) is 2.86. The molecule has 0 aliphatic heterocycles. The maximum Gasteiger partial charge on any atom is 0.255 e. The number of nitrogens with zero attached hydrogens (tertiary/aromatic N) is 4. The van der Waals surface area contributed by atoms with Crippen LogP contribution in [0.5, 0.6) is 0 Å². The Labute approximate surface area is 160 Å². The van der Waals surface area contributed by atoms with Crippen molar-refractivity contribution in [2.24, 2.45) is 0 Å². The van der Waals surface area contributed by atoms with Crippen LogP contribution in [0.15, 0.2) is 10.7 Å². The summed E-state index contributed by atoms with van der Waals surface area (Å²) in [5, 5.41) is 15.0. The number of aromatic nitrogens is 4. The lowest BCUT2D eigenvalue weighted by molar-refractivity contribution is 0.0911. The molecule has 148 valence electrons. The highest BCUT2D eigenvalue weighted by Crippen LogP contribution is 2.23. The number of rotatable bonds is 6. The fraction of sp³-hybridized carbons (Fsp3) is 0.684. The first kappa shape index (κ1) is 19.5. The molecule has 2 aromatic rings. The van der Waals surface area contributed by atoms with Crippen LogP contribution in [0.1, 0.15) is 86.3 Å². The Kier molecular flexibility index (Phi) is 5.94. The van der Waals surface area contributed by atoms with E-state index in [0.29, 0.717) is 17.3 Å². The predicted molar refractivity (Wildman–Crippen MR) is 101 cm³/mol. The van der Waals surface area contributed by atoms with Gasteiger partial charge in [0.25, 0.3) is 5.91 Å². The van der Waals surface area contributed by atoms with Crippen molar-refractivity contribution >= 4 is 5.91 Å². The van der Waals surface area contributed by atoms with Crippen molar-refractivity contribution in [3.05, 3.63) is 29.2 Å². The zero-order valence-electron chi connectivity index (χ0n) is 16.8. The van der Waals surface area contributed by atoms with E-state index in [4.69, 9.17) is 4.52 Å².